The Morgan fingerprint density at radius 1 is 1.35 bits per heavy atom. The van der Waals surface area contributed by atoms with Crippen molar-refractivity contribution in [2.45, 2.75) is 13.3 Å². The van der Waals surface area contributed by atoms with Crippen LogP contribution in [-0.2, 0) is 6.42 Å². The number of benzene rings is 1. The van der Waals surface area contributed by atoms with Crippen LogP contribution in [0.25, 0.3) is 5.69 Å². The summed E-state index contributed by atoms with van der Waals surface area (Å²) in [6.07, 6.45) is 1.83. The minimum absolute atomic E-state index is 0.0192. The highest BCUT2D eigenvalue weighted by molar-refractivity contribution is 6.37. The van der Waals surface area contributed by atoms with Crippen LogP contribution in [0.1, 0.15) is 23.4 Å². The van der Waals surface area contributed by atoms with Gasteiger partial charge < -0.3 is 0 Å². The van der Waals surface area contributed by atoms with E-state index >= 15 is 0 Å². The fraction of sp³-hybridized carbons (Fsp3) is 0.154. The average Bonchev–Trinajstić information content (AvgIpc) is 3.16. The summed E-state index contributed by atoms with van der Waals surface area (Å²) in [5, 5.41) is 13.7. The smallest absolute Gasteiger partial charge is 0.288 e. The van der Waals surface area contributed by atoms with E-state index in [0.29, 0.717) is 28.0 Å². The molecule has 23 heavy (non-hydrogen) atoms. The quantitative estimate of drug-likeness (QED) is 0.751. The van der Waals surface area contributed by atoms with E-state index in [2.05, 4.69) is 30.6 Å². The molecule has 118 valence electrons. The first-order valence-corrected chi connectivity index (χ1v) is 7.42. The second-order valence-corrected chi connectivity index (χ2v) is 5.29. The molecule has 0 saturated carbocycles. The third-order valence-corrected chi connectivity index (χ3v) is 3.60. The summed E-state index contributed by atoms with van der Waals surface area (Å²) in [5.41, 5.74) is 0.485. The minimum Gasteiger partial charge on any atom is -0.288 e. The predicted octanol–water partition coefficient (Wildman–Crippen LogP) is 2.51. The summed E-state index contributed by atoms with van der Waals surface area (Å²) in [4.78, 5) is 20.2. The number of halogens is 2. The Kier molecular flexibility index (Phi) is 4.26. The van der Waals surface area contributed by atoms with Crippen LogP contribution < -0.4 is 5.32 Å². The first-order chi connectivity index (χ1) is 11.1. The van der Waals surface area contributed by atoms with Crippen LogP contribution in [0.15, 0.2) is 24.5 Å². The summed E-state index contributed by atoms with van der Waals surface area (Å²) in [6.45, 7) is 1.89. The van der Waals surface area contributed by atoms with Crippen molar-refractivity contribution in [3.63, 3.8) is 0 Å². The maximum Gasteiger partial charge on any atom is 0.297 e. The van der Waals surface area contributed by atoms with Gasteiger partial charge in [0.05, 0.1) is 10.0 Å². The van der Waals surface area contributed by atoms with Gasteiger partial charge in [0, 0.05) is 6.42 Å². The van der Waals surface area contributed by atoms with Crippen LogP contribution in [0, 0.1) is 0 Å². The van der Waals surface area contributed by atoms with E-state index in [1.54, 1.807) is 18.2 Å². The molecule has 0 unspecified atom stereocenters. The molecule has 0 spiro atoms. The molecule has 0 bridgehead atoms. The molecule has 0 radical (unpaired) electrons. The lowest BCUT2D eigenvalue weighted by Crippen LogP contribution is -2.15. The van der Waals surface area contributed by atoms with Crippen LogP contribution >= 0.6 is 23.2 Å². The molecule has 0 aliphatic rings. The SMILES string of the molecule is CCc1nc(C(=O)Nc2ncn[nH]2)nn1-c1c(Cl)cccc1Cl. The number of rotatable bonds is 4. The second-order valence-electron chi connectivity index (χ2n) is 4.48. The molecule has 0 fully saturated rings. The maximum absolute atomic E-state index is 12.2. The summed E-state index contributed by atoms with van der Waals surface area (Å²) >= 11 is 12.4. The highest BCUT2D eigenvalue weighted by Crippen LogP contribution is 2.28. The zero-order valence-electron chi connectivity index (χ0n) is 11.9. The number of aromatic amines is 1. The van der Waals surface area contributed by atoms with Gasteiger partial charge in [-0.3, -0.25) is 10.1 Å². The number of carbonyl (C=O) groups excluding carboxylic acids is 1. The lowest BCUT2D eigenvalue weighted by Gasteiger charge is -2.08. The van der Waals surface area contributed by atoms with Crippen molar-refractivity contribution in [3.05, 3.63) is 46.2 Å². The standard InChI is InChI=1S/C13H11Cl2N7O/c1-2-9-18-11(12(23)19-13-16-6-17-20-13)21-22(9)10-7(14)4-3-5-8(10)15/h3-6H,2H2,1H3,(H2,16,17,19,20,23). The van der Waals surface area contributed by atoms with E-state index in [4.69, 9.17) is 23.2 Å². The van der Waals surface area contributed by atoms with E-state index in [1.807, 2.05) is 6.92 Å². The Hall–Kier alpha value is -2.45. The van der Waals surface area contributed by atoms with Crippen molar-refractivity contribution in [2.24, 2.45) is 0 Å². The van der Waals surface area contributed by atoms with Crippen molar-refractivity contribution in [1.29, 1.82) is 0 Å². The largest absolute Gasteiger partial charge is 0.297 e. The number of carbonyl (C=O) groups is 1. The molecule has 0 aliphatic heterocycles. The maximum atomic E-state index is 12.2. The second kappa shape index (κ2) is 6.35. The Bertz CT molecular complexity index is 824. The molecule has 3 aromatic rings. The normalized spacial score (nSPS) is 10.7. The number of aryl methyl sites for hydroxylation is 1. The number of hydrogen-bond donors (Lipinski definition) is 2. The Labute approximate surface area is 140 Å². The number of H-pyrrole nitrogens is 1. The molecular weight excluding hydrogens is 341 g/mol. The molecular formula is C13H11Cl2N7O. The van der Waals surface area contributed by atoms with Gasteiger partial charge in [-0.2, -0.15) is 10.1 Å². The highest BCUT2D eigenvalue weighted by atomic mass is 35.5. The molecule has 2 heterocycles. The lowest BCUT2D eigenvalue weighted by atomic mass is 10.3. The van der Waals surface area contributed by atoms with Crippen LogP contribution in [0.5, 0.6) is 0 Å². The zero-order valence-corrected chi connectivity index (χ0v) is 13.4. The van der Waals surface area contributed by atoms with Gasteiger partial charge in [0.15, 0.2) is 0 Å². The van der Waals surface area contributed by atoms with Crippen LogP contribution in [0.3, 0.4) is 0 Å². The predicted molar refractivity (Wildman–Crippen MR) is 85.1 cm³/mol. The number of anilines is 1. The molecule has 2 N–H and O–H groups in total. The number of nitrogens with one attached hydrogen (secondary N) is 2. The molecule has 0 saturated heterocycles. The van der Waals surface area contributed by atoms with Crippen molar-refractivity contribution in [2.75, 3.05) is 5.32 Å². The van der Waals surface area contributed by atoms with E-state index in [1.165, 1.54) is 11.0 Å². The molecule has 1 aromatic carbocycles. The van der Waals surface area contributed by atoms with Crippen LogP contribution in [-0.4, -0.2) is 35.9 Å². The van der Waals surface area contributed by atoms with Crippen molar-refractivity contribution < 1.29 is 4.79 Å². The molecule has 8 nitrogen and oxygen atoms in total. The number of para-hydroxylation sites is 1. The van der Waals surface area contributed by atoms with Crippen molar-refractivity contribution in [3.8, 4) is 5.69 Å². The van der Waals surface area contributed by atoms with Gasteiger partial charge >= 0.3 is 0 Å². The van der Waals surface area contributed by atoms with Crippen LogP contribution in [0.4, 0.5) is 5.95 Å². The van der Waals surface area contributed by atoms with Gasteiger partial charge in [0.25, 0.3) is 5.91 Å². The number of amides is 1. The summed E-state index contributed by atoms with van der Waals surface area (Å²) < 4.78 is 1.47. The number of aromatic nitrogens is 6. The summed E-state index contributed by atoms with van der Waals surface area (Å²) in [6, 6.07) is 5.12. The van der Waals surface area contributed by atoms with Gasteiger partial charge in [-0.25, -0.2) is 14.8 Å². The first kappa shape index (κ1) is 15.4. The number of hydrogen-bond acceptors (Lipinski definition) is 5. The van der Waals surface area contributed by atoms with Gasteiger partial charge in [0.2, 0.25) is 11.8 Å². The summed E-state index contributed by atoms with van der Waals surface area (Å²) in [5.74, 6) is 0.232. The van der Waals surface area contributed by atoms with Crippen molar-refractivity contribution in [1.82, 2.24) is 29.9 Å². The average molecular weight is 352 g/mol. The molecule has 0 aliphatic carbocycles. The number of nitrogens with zero attached hydrogens (tertiary/aromatic N) is 5. The fourth-order valence-electron chi connectivity index (χ4n) is 1.97. The fourth-order valence-corrected chi connectivity index (χ4v) is 2.53. The highest BCUT2D eigenvalue weighted by Gasteiger charge is 2.20. The van der Waals surface area contributed by atoms with Gasteiger partial charge in [-0.15, -0.1) is 5.10 Å². The van der Waals surface area contributed by atoms with E-state index in [9.17, 15) is 4.79 Å². The van der Waals surface area contributed by atoms with E-state index in [-0.39, 0.29) is 11.8 Å². The lowest BCUT2D eigenvalue weighted by molar-refractivity contribution is 0.101. The third kappa shape index (κ3) is 3.03. The Balaban J connectivity index is 1.99. The van der Waals surface area contributed by atoms with E-state index in [0.717, 1.165) is 0 Å². The van der Waals surface area contributed by atoms with Gasteiger partial charge in [-0.05, 0) is 12.1 Å². The third-order valence-electron chi connectivity index (χ3n) is 2.99. The van der Waals surface area contributed by atoms with Gasteiger partial charge in [-0.1, -0.05) is 36.2 Å². The zero-order chi connectivity index (χ0) is 16.4. The molecule has 0 atom stereocenters. The molecule has 1 amide bonds. The molecule has 2 aromatic heterocycles. The summed E-state index contributed by atoms with van der Waals surface area (Å²) in [7, 11) is 0. The van der Waals surface area contributed by atoms with Crippen LogP contribution in [0.2, 0.25) is 10.0 Å². The Morgan fingerprint density at radius 3 is 2.70 bits per heavy atom. The minimum atomic E-state index is -0.515. The monoisotopic (exact) mass is 351 g/mol. The van der Waals surface area contributed by atoms with Gasteiger partial charge in [0.1, 0.15) is 17.8 Å². The first-order valence-electron chi connectivity index (χ1n) is 6.67. The van der Waals surface area contributed by atoms with Crippen molar-refractivity contribution >= 4 is 35.1 Å². The molecule has 10 heteroatoms. The molecule has 3 rings (SSSR count). The topological polar surface area (TPSA) is 101 Å². The van der Waals surface area contributed by atoms with E-state index < -0.39 is 5.91 Å². The Morgan fingerprint density at radius 2 is 2.09 bits per heavy atom.